The van der Waals surface area contributed by atoms with Crippen molar-refractivity contribution in [2.24, 2.45) is 5.73 Å². The first-order valence-electron chi connectivity index (χ1n) is 6.23. The lowest BCUT2D eigenvalue weighted by Gasteiger charge is -2.34. The normalized spacial score (nSPS) is 16.2. The highest BCUT2D eigenvalue weighted by atomic mass is 35.5. The van der Waals surface area contributed by atoms with Crippen LogP contribution < -0.4 is 5.73 Å². The first-order chi connectivity index (χ1) is 9.49. The summed E-state index contributed by atoms with van der Waals surface area (Å²) in [5.41, 5.74) is 5.70. The monoisotopic (exact) mass is 315 g/mol. The van der Waals surface area contributed by atoms with Gasteiger partial charge in [-0.3, -0.25) is 9.69 Å². The van der Waals surface area contributed by atoms with Crippen molar-refractivity contribution in [1.29, 1.82) is 0 Å². The average molecular weight is 316 g/mol. The fourth-order valence-corrected chi connectivity index (χ4v) is 2.56. The number of benzene rings is 1. The minimum atomic E-state index is -0.579. The highest BCUT2D eigenvalue weighted by molar-refractivity contribution is 7.80. The van der Waals surface area contributed by atoms with E-state index >= 15 is 0 Å². The SMILES string of the molecule is NC(=S)CN1CCN(C(=O)c2cccc(F)c2Cl)CC1. The van der Waals surface area contributed by atoms with Gasteiger partial charge in [-0.15, -0.1) is 0 Å². The van der Waals surface area contributed by atoms with Crippen molar-refractivity contribution >= 4 is 34.7 Å². The van der Waals surface area contributed by atoms with E-state index in [0.717, 1.165) is 0 Å². The first-order valence-corrected chi connectivity index (χ1v) is 7.01. The molecule has 4 nitrogen and oxygen atoms in total. The first kappa shape index (κ1) is 15.2. The lowest BCUT2D eigenvalue weighted by atomic mass is 10.1. The highest BCUT2D eigenvalue weighted by Crippen LogP contribution is 2.21. The lowest BCUT2D eigenvalue weighted by molar-refractivity contribution is 0.0654. The van der Waals surface area contributed by atoms with E-state index in [1.54, 1.807) is 4.90 Å². The molecule has 2 rings (SSSR count). The molecular formula is C13H15ClFN3OS. The average Bonchev–Trinajstić information content (AvgIpc) is 2.41. The minimum absolute atomic E-state index is 0.122. The Morgan fingerprint density at radius 3 is 2.60 bits per heavy atom. The van der Waals surface area contributed by atoms with Crippen molar-refractivity contribution in [2.45, 2.75) is 0 Å². The summed E-state index contributed by atoms with van der Waals surface area (Å²) in [4.78, 5) is 16.5. The van der Waals surface area contributed by atoms with Gasteiger partial charge in [0.15, 0.2) is 0 Å². The van der Waals surface area contributed by atoms with Gasteiger partial charge in [0.05, 0.1) is 15.6 Å². The third kappa shape index (κ3) is 3.45. The van der Waals surface area contributed by atoms with Gasteiger partial charge in [0.25, 0.3) is 5.91 Å². The number of carbonyl (C=O) groups excluding carboxylic acids is 1. The molecule has 0 bridgehead atoms. The number of halogens is 2. The van der Waals surface area contributed by atoms with E-state index in [9.17, 15) is 9.18 Å². The molecule has 1 aromatic carbocycles. The molecule has 0 atom stereocenters. The number of rotatable bonds is 3. The van der Waals surface area contributed by atoms with Crippen molar-refractivity contribution in [3.8, 4) is 0 Å². The van der Waals surface area contributed by atoms with Crippen LogP contribution in [0.4, 0.5) is 4.39 Å². The van der Waals surface area contributed by atoms with Crippen LogP contribution in [0.5, 0.6) is 0 Å². The van der Waals surface area contributed by atoms with Crippen LogP contribution in [0.2, 0.25) is 5.02 Å². The van der Waals surface area contributed by atoms with Gasteiger partial charge in [-0.2, -0.15) is 0 Å². The molecule has 0 aliphatic carbocycles. The maximum absolute atomic E-state index is 13.4. The molecule has 0 unspecified atom stereocenters. The molecule has 0 spiro atoms. The molecule has 1 aromatic rings. The summed E-state index contributed by atoms with van der Waals surface area (Å²) >= 11 is 10.7. The Bertz CT molecular complexity index is 532. The Kier molecular flexibility index (Phi) is 4.91. The van der Waals surface area contributed by atoms with Crippen LogP contribution in [0.25, 0.3) is 0 Å². The fraction of sp³-hybridized carbons (Fsp3) is 0.385. The standard InChI is InChI=1S/C13H15ClFN3OS/c14-12-9(2-1-3-10(12)15)13(19)18-6-4-17(5-7-18)8-11(16)20/h1-3H,4-8H2,(H2,16,20). The number of hydrogen-bond donors (Lipinski definition) is 1. The predicted octanol–water partition coefficient (Wildman–Crippen LogP) is 1.52. The summed E-state index contributed by atoms with van der Waals surface area (Å²) in [6, 6.07) is 4.26. The van der Waals surface area contributed by atoms with Gasteiger partial charge in [-0.05, 0) is 12.1 Å². The van der Waals surface area contributed by atoms with Gasteiger partial charge >= 0.3 is 0 Å². The second-order valence-corrected chi connectivity index (χ2v) is 5.54. The highest BCUT2D eigenvalue weighted by Gasteiger charge is 2.24. The van der Waals surface area contributed by atoms with Crippen LogP contribution in [0.3, 0.4) is 0 Å². The Hall–Kier alpha value is -1.24. The predicted molar refractivity (Wildman–Crippen MR) is 80.5 cm³/mol. The van der Waals surface area contributed by atoms with Gasteiger partial charge in [-0.25, -0.2) is 4.39 Å². The van der Waals surface area contributed by atoms with Gasteiger partial charge in [0, 0.05) is 32.7 Å². The van der Waals surface area contributed by atoms with E-state index in [1.165, 1.54) is 18.2 Å². The second kappa shape index (κ2) is 6.47. The number of nitrogens with zero attached hydrogens (tertiary/aromatic N) is 2. The third-order valence-corrected chi connectivity index (χ3v) is 3.73. The smallest absolute Gasteiger partial charge is 0.255 e. The number of carbonyl (C=O) groups is 1. The molecule has 0 saturated carbocycles. The molecule has 20 heavy (non-hydrogen) atoms. The van der Waals surface area contributed by atoms with E-state index in [4.69, 9.17) is 29.6 Å². The summed E-state index contributed by atoms with van der Waals surface area (Å²) in [6.45, 7) is 3.03. The number of nitrogens with two attached hydrogens (primary N) is 1. The molecular weight excluding hydrogens is 301 g/mol. The third-order valence-electron chi connectivity index (χ3n) is 3.22. The number of hydrogen-bond acceptors (Lipinski definition) is 3. The number of amides is 1. The van der Waals surface area contributed by atoms with Crippen molar-refractivity contribution in [3.63, 3.8) is 0 Å². The maximum atomic E-state index is 13.4. The number of piperazine rings is 1. The molecule has 0 radical (unpaired) electrons. The van der Waals surface area contributed by atoms with Crippen molar-refractivity contribution in [2.75, 3.05) is 32.7 Å². The molecule has 2 N–H and O–H groups in total. The van der Waals surface area contributed by atoms with Crippen molar-refractivity contribution in [3.05, 3.63) is 34.6 Å². The molecule has 1 aliphatic rings. The lowest BCUT2D eigenvalue weighted by Crippen LogP contribution is -2.50. The van der Waals surface area contributed by atoms with Crippen molar-refractivity contribution in [1.82, 2.24) is 9.80 Å². The van der Waals surface area contributed by atoms with Crippen LogP contribution >= 0.6 is 23.8 Å². The zero-order valence-corrected chi connectivity index (χ0v) is 12.4. The van der Waals surface area contributed by atoms with Crippen LogP contribution in [0, 0.1) is 5.82 Å². The topological polar surface area (TPSA) is 49.6 Å². The van der Waals surface area contributed by atoms with E-state index < -0.39 is 5.82 Å². The van der Waals surface area contributed by atoms with E-state index in [0.29, 0.717) is 37.7 Å². The second-order valence-electron chi connectivity index (χ2n) is 4.64. The molecule has 1 fully saturated rings. The summed E-state index contributed by atoms with van der Waals surface area (Å²) in [7, 11) is 0. The van der Waals surface area contributed by atoms with Crippen LogP contribution in [-0.2, 0) is 0 Å². The summed E-state index contributed by atoms with van der Waals surface area (Å²) in [6.07, 6.45) is 0. The van der Waals surface area contributed by atoms with Gasteiger partial charge in [0.1, 0.15) is 5.82 Å². The quantitative estimate of drug-likeness (QED) is 0.859. The molecule has 1 heterocycles. The Labute approximate surface area is 127 Å². The largest absolute Gasteiger partial charge is 0.392 e. The summed E-state index contributed by atoms with van der Waals surface area (Å²) in [5, 5.41) is -0.122. The Balaban J connectivity index is 2.02. The van der Waals surface area contributed by atoms with Gasteiger partial charge in [-0.1, -0.05) is 29.9 Å². The molecule has 0 aromatic heterocycles. The van der Waals surface area contributed by atoms with Gasteiger partial charge in [0.2, 0.25) is 0 Å². The van der Waals surface area contributed by atoms with E-state index in [1.807, 2.05) is 0 Å². The minimum Gasteiger partial charge on any atom is -0.392 e. The van der Waals surface area contributed by atoms with E-state index in [2.05, 4.69) is 4.90 Å². The van der Waals surface area contributed by atoms with Crippen LogP contribution in [0.1, 0.15) is 10.4 Å². The Morgan fingerprint density at radius 1 is 1.35 bits per heavy atom. The summed E-state index contributed by atoms with van der Waals surface area (Å²) in [5.74, 6) is -0.825. The maximum Gasteiger partial charge on any atom is 0.255 e. The molecule has 1 aliphatic heterocycles. The zero-order valence-electron chi connectivity index (χ0n) is 10.8. The zero-order chi connectivity index (χ0) is 14.7. The molecule has 108 valence electrons. The van der Waals surface area contributed by atoms with E-state index in [-0.39, 0.29) is 16.5 Å². The van der Waals surface area contributed by atoms with Crippen molar-refractivity contribution < 1.29 is 9.18 Å². The molecule has 1 amide bonds. The molecule has 1 saturated heterocycles. The Morgan fingerprint density at radius 2 is 2.00 bits per heavy atom. The van der Waals surface area contributed by atoms with Gasteiger partial charge < -0.3 is 10.6 Å². The number of thiocarbonyl (C=S) groups is 1. The van der Waals surface area contributed by atoms with Crippen LogP contribution in [-0.4, -0.2) is 53.4 Å². The van der Waals surface area contributed by atoms with Crippen LogP contribution in [0.15, 0.2) is 18.2 Å². The fourth-order valence-electron chi connectivity index (χ4n) is 2.17. The summed E-state index contributed by atoms with van der Waals surface area (Å²) < 4.78 is 13.4. The molecule has 7 heteroatoms.